The zero-order valence-electron chi connectivity index (χ0n) is 13.4. The second kappa shape index (κ2) is 6.24. The van der Waals surface area contributed by atoms with Crippen molar-refractivity contribution in [2.45, 2.75) is 32.7 Å². The highest BCUT2D eigenvalue weighted by Crippen LogP contribution is 2.13. The fourth-order valence-electron chi connectivity index (χ4n) is 2.75. The van der Waals surface area contributed by atoms with Crippen LogP contribution in [0.1, 0.15) is 24.7 Å². The Hall–Kier alpha value is -2.63. The van der Waals surface area contributed by atoms with Crippen LogP contribution in [-0.2, 0) is 26.4 Å². The molecular formula is C17H20N4O2. The molecule has 0 aliphatic heterocycles. The molecule has 6 heteroatoms. The monoisotopic (exact) mass is 312 g/mol. The highest BCUT2D eigenvalue weighted by Gasteiger charge is 2.15. The van der Waals surface area contributed by atoms with E-state index in [1.807, 2.05) is 22.8 Å². The molecule has 0 spiro atoms. The van der Waals surface area contributed by atoms with Gasteiger partial charge in [-0.15, -0.1) is 0 Å². The van der Waals surface area contributed by atoms with Crippen molar-refractivity contribution in [1.29, 1.82) is 0 Å². The van der Waals surface area contributed by atoms with Gasteiger partial charge in [-0.25, -0.2) is 9.78 Å². The minimum Gasteiger partial charge on any atom is -0.314 e. The summed E-state index contributed by atoms with van der Waals surface area (Å²) < 4.78 is 3.03. The van der Waals surface area contributed by atoms with Crippen molar-refractivity contribution in [3.8, 4) is 0 Å². The van der Waals surface area contributed by atoms with Crippen molar-refractivity contribution < 1.29 is 0 Å². The Morgan fingerprint density at radius 2 is 1.87 bits per heavy atom. The first-order valence-electron chi connectivity index (χ1n) is 7.84. The van der Waals surface area contributed by atoms with E-state index in [-0.39, 0.29) is 5.56 Å². The molecule has 0 saturated heterocycles. The van der Waals surface area contributed by atoms with Gasteiger partial charge in [-0.1, -0.05) is 37.3 Å². The molecule has 0 fully saturated rings. The number of aryl methyl sites for hydroxylation is 3. The van der Waals surface area contributed by atoms with Crippen LogP contribution in [-0.4, -0.2) is 19.1 Å². The summed E-state index contributed by atoms with van der Waals surface area (Å²) in [7, 11) is 1.46. The van der Waals surface area contributed by atoms with E-state index in [9.17, 15) is 9.59 Å². The molecule has 120 valence electrons. The third-order valence-electron chi connectivity index (χ3n) is 4.02. The number of nitrogens with zero attached hydrogens (tertiary/aromatic N) is 3. The molecule has 0 saturated carbocycles. The minimum atomic E-state index is -0.411. The van der Waals surface area contributed by atoms with Crippen molar-refractivity contribution in [3.05, 3.63) is 62.6 Å². The van der Waals surface area contributed by atoms with Gasteiger partial charge in [-0.3, -0.25) is 14.3 Å². The lowest BCUT2D eigenvalue weighted by Crippen LogP contribution is -2.32. The van der Waals surface area contributed by atoms with Gasteiger partial charge in [-0.2, -0.15) is 0 Å². The molecule has 0 bridgehead atoms. The Morgan fingerprint density at radius 3 is 2.57 bits per heavy atom. The number of nitrogens with one attached hydrogen (secondary N) is 1. The summed E-state index contributed by atoms with van der Waals surface area (Å²) in [4.78, 5) is 31.4. The van der Waals surface area contributed by atoms with Crippen molar-refractivity contribution in [2.24, 2.45) is 7.05 Å². The van der Waals surface area contributed by atoms with Gasteiger partial charge < -0.3 is 4.57 Å². The molecule has 2 aromatic heterocycles. The molecule has 0 unspecified atom stereocenters. The average molecular weight is 312 g/mol. The van der Waals surface area contributed by atoms with Gasteiger partial charge in [-0.05, 0) is 18.4 Å². The summed E-state index contributed by atoms with van der Waals surface area (Å²) in [6, 6.07) is 10.1. The van der Waals surface area contributed by atoms with E-state index in [1.165, 1.54) is 12.6 Å². The van der Waals surface area contributed by atoms with Gasteiger partial charge in [0.15, 0.2) is 5.52 Å². The number of benzene rings is 1. The Bertz CT molecular complexity index is 935. The van der Waals surface area contributed by atoms with Gasteiger partial charge in [0.25, 0.3) is 5.56 Å². The molecule has 1 aromatic carbocycles. The third kappa shape index (κ3) is 2.84. The molecule has 3 aromatic rings. The van der Waals surface area contributed by atoms with Crippen LogP contribution in [0.4, 0.5) is 0 Å². The van der Waals surface area contributed by atoms with E-state index in [0.717, 1.165) is 29.7 Å². The first-order chi connectivity index (χ1) is 11.1. The molecule has 23 heavy (non-hydrogen) atoms. The normalized spacial score (nSPS) is 11.2. The van der Waals surface area contributed by atoms with Gasteiger partial charge in [0.05, 0.1) is 0 Å². The van der Waals surface area contributed by atoms with Crippen LogP contribution >= 0.6 is 0 Å². The van der Waals surface area contributed by atoms with Gasteiger partial charge in [0, 0.05) is 20.0 Å². The number of aromatic nitrogens is 4. The van der Waals surface area contributed by atoms with Crippen molar-refractivity contribution in [2.75, 3.05) is 0 Å². The Balaban J connectivity index is 2.08. The summed E-state index contributed by atoms with van der Waals surface area (Å²) in [5, 5.41) is 0. The maximum atomic E-state index is 12.3. The van der Waals surface area contributed by atoms with Gasteiger partial charge in [0.1, 0.15) is 11.5 Å². The second-order valence-corrected chi connectivity index (χ2v) is 5.66. The Labute approximate surface area is 133 Å². The molecular weight excluding hydrogens is 292 g/mol. The van der Waals surface area contributed by atoms with Gasteiger partial charge >= 0.3 is 5.69 Å². The predicted molar refractivity (Wildman–Crippen MR) is 89.7 cm³/mol. The van der Waals surface area contributed by atoms with E-state index in [1.54, 1.807) is 0 Å². The number of H-pyrrole nitrogens is 1. The first kappa shape index (κ1) is 15.3. The number of hydrogen-bond donors (Lipinski definition) is 1. The van der Waals surface area contributed by atoms with Crippen LogP contribution in [0.3, 0.4) is 0 Å². The molecule has 0 atom stereocenters. The summed E-state index contributed by atoms with van der Waals surface area (Å²) in [5.74, 6) is 0.845. The third-order valence-corrected chi connectivity index (χ3v) is 4.02. The number of fused-ring (bicyclic) bond motifs is 1. The number of rotatable bonds is 5. The largest absolute Gasteiger partial charge is 0.329 e. The summed E-state index contributed by atoms with van der Waals surface area (Å²) in [6.07, 6.45) is 2.52. The molecule has 0 radical (unpaired) electrons. The highest BCUT2D eigenvalue weighted by atomic mass is 16.2. The van der Waals surface area contributed by atoms with Crippen LogP contribution in [0.2, 0.25) is 0 Å². The van der Waals surface area contributed by atoms with E-state index in [0.29, 0.717) is 17.7 Å². The quantitative estimate of drug-likeness (QED) is 0.778. The zero-order chi connectivity index (χ0) is 16.4. The maximum absolute atomic E-state index is 12.3. The topological polar surface area (TPSA) is 72.7 Å². The van der Waals surface area contributed by atoms with Crippen molar-refractivity contribution >= 4 is 11.2 Å². The summed E-state index contributed by atoms with van der Waals surface area (Å²) in [5.41, 5.74) is 1.31. The number of imidazole rings is 1. The van der Waals surface area contributed by atoms with Crippen molar-refractivity contribution in [1.82, 2.24) is 19.1 Å². The lowest BCUT2D eigenvalue weighted by molar-refractivity contribution is 0.651. The van der Waals surface area contributed by atoms with Crippen molar-refractivity contribution in [3.63, 3.8) is 0 Å². The van der Waals surface area contributed by atoms with Crippen LogP contribution < -0.4 is 11.2 Å². The number of hydrogen-bond acceptors (Lipinski definition) is 3. The highest BCUT2D eigenvalue weighted by molar-refractivity contribution is 5.70. The van der Waals surface area contributed by atoms with E-state index in [2.05, 4.69) is 29.0 Å². The average Bonchev–Trinajstić information content (AvgIpc) is 2.90. The van der Waals surface area contributed by atoms with E-state index < -0.39 is 5.69 Å². The molecule has 0 aliphatic carbocycles. The van der Waals surface area contributed by atoms with E-state index in [4.69, 9.17) is 0 Å². The van der Waals surface area contributed by atoms with E-state index >= 15 is 0 Å². The van der Waals surface area contributed by atoms with Crippen LogP contribution in [0.5, 0.6) is 0 Å². The van der Waals surface area contributed by atoms with Crippen LogP contribution in [0, 0.1) is 0 Å². The molecule has 3 rings (SSSR count). The zero-order valence-corrected chi connectivity index (χ0v) is 13.4. The standard InChI is InChI=1S/C17H20N4O2/c1-3-7-13-18-14-15(19-17(23)20(2)16(14)22)21(13)11-10-12-8-5-4-6-9-12/h4-6,8-9H,3,7,10-11H2,1-2H3,(H,19,23). The fourth-order valence-corrected chi connectivity index (χ4v) is 2.75. The summed E-state index contributed by atoms with van der Waals surface area (Å²) >= 11 is 0. The van der Waals surface area contributed by atoms with Gasteiger partial charge in [0.2, 0.25) is 0 Å². The summed E-state index contributed by atoms with van der Waals surface area (Å²) in [6.45, 7) is 2.75. The Morgan fingerprint density at radius 1 is 1.13 bits per heavy atom. The molecule has 1 N–H and O–H groups in total. The molecule has 0 amide bonds. The maximum Gasteiger partial charge on any atom is 0.329 e. The molecule has 0 aliphatic rings. The lowest BCUT2D eigenvalue weighted by atomic mass is 10.1. The first-order valence-corrected chi connectivity index (χ1v) is 7.84. The minimum absolute atomic E-state index is 0.337. The molecule has 6 nitrogen and oxygen atoms in total. The second-order valence-electron chi connectivity index (χ2n) is 5.66. The van der Waals surface area contributed by atoms with Crippen LogP contribution in [0.15, 0.2) is 39.9 Å². The Kier molecular flexibility index (Phi) is 4.14. The van der Waals surface area contributed by atoms with Crippen LogP contribution in [0.25, 0.3) is 11.2 Å². The number of aromatic amines is 1. The SMILES string of the molecule is CCCc1nc2c(=O)n(C)c(=O)[nH]c2n1CCc1ccccc1. The predicted octanol–water partition coefficient (Wildman–Crippen LogP) is 1.62. The molecule has 2 heterocycles. The fraction of sp³-hybridized carbons (Fsp3) is 0.353. The smallest absolute Gasteiger partial charge is 0.314 e. The lowest BCUT2D eigenvalue weighted by Gasteiger charge is -2.08.